The van der Waals surface area contributed by atoms with E-state index in [9.17, 15) is 4.79 Å². The first-order chi connectivity index (χ1) is 8.58. The molecule has 1 aromatic heterocycles. The van der Waals surface area contributed by atoms with Crippen LogP contribution in [0, 0.1) is 0 Å². The van der Waals surface area contributed by atoms with Crippen molar-refractivity contribution in [3.05, 3.63) is 28.5 Å². The lowest BCUT2D eigenvalue weighted by atomic mass is 10.2. The van der Waals surface area contributed by atoms with Crippen LogP contribution in [0.1, 0.15) is 23.3 Å². The molecule has 2 rings (SSSR count). The van der Waals surface area contributed by atoms with E-state index >= 15 is 0 Å². The average Bonchev–Trinajstić information content (AvgIpc) is 2.75. The van der Waals surface area contributed by atoms with Crippen molar-refractivity contribution in [1.82, 2.24) is 14.8 Å². The number of likely N-dealkylation sites (tertiary alicyclic amines) is 1. The Morgan fingerprint density at radius 2 is 2.33 bits per heavy atom. The third kappa shape index (κ3) is 3.09. The third-order valence-corrected chi connectivity index (χ3v) is 3.59. The number of carbonyl (C=O) groups excluding carboxylic acids is 1. The van der Waals surface area contributed by atoms with Gasteiger partial charge in [-0.25, -0.2) is 4.98 Å². The molecule has 1 aromatic rings. The number of hydrogen-bond acceptors (Lipinski definition) is 3. The van der Waals surface area contributed by atoms with Gasteiger partial charge in [-0.15, -0.1) is 0 Å². The maximum atomic E-state index is 12.4. The quantitative estimate of drug-likeness (QED) is 0.801. The molecule has 0 saturated carbocycles. The van der Waals surface area contributed by atoms with Gasteiger partial charge in [-0.3, -0.25) is 4.79 Å². The average molecular weight is 312 g/mol. The molecule has 4 nitrogen and oxygen atoms in total. The van der Waals surface area contributed by atoms with Crippen molar-refractivity contribution in [3.63, 3.8) is 0 Å². The Balaban J connectivity index is 2.12. The number of aromatic nitrogens is 1. The number of carbonyl (C=O) groups is 1. The molecule has 0 aromatic carbocycles. The molecule has 5 heteroatoms. The lowest BCUT2D eigenvalue weighted by Gasteiger charge is -2.26. The van der Waals surface area contributed by atoms with Crippen LogP contribution >= 0.6 is 15.9 Å². The highest BCUT2D eigenvalue weighted by Crippen LogP contribution is 2.20. The lowest BCUT2D eigenvalue weighted by Crippen LogP contribution is -2.41. The predicted octanol–water partition coefficient (Wildman–Crippen LogP) is 2.01. The van der Waals surface area contributed by atoms with Crippen LogP contribution in [0.3, 0.4) is 0 Å². The highest BCUT2D eigenvalue weighted by Gasteiger charge is 2.30. The maximum Gasteiger partial charge on any atom is 0.272 e. The molecule has 1 atom stereocenters. The Hall–Kier alpha value is -0.940. The minimum Gasteiger partial charge on any atom is -0.333 e. The van der Waals surface area contributed by atoms with Crippen LogP contribution in [0.2, 0.25) is 0 Å². The predicted molar refractivity (Wildman–Crippen MR) is 74.5 cm³/mol. The summed E-state index contributed by atoms with van der Waals surface area (Å²) in [6, 6.07) is 5.77. The smallest absolute Gasteiger partial charge is 0.272 e. The van der Waals surface area contributed by atoms with Crippen LogP contribution < -0.4 is 0 Å². The number of pyridine rings is 1. The Labute approximate surface area is 116 Å². The second kappa shape index (κ2) is 5.80. The number of halogens is 1. The van der Waals surface area contributed by atoms with Crippen LogP contribution in [0.15, 0.2) is 22.8 Å². The van der Waals surface area contributed by atoms with Crippen molar-refractivity contribution in [1.29, 1.82) is 0 Å². The number of nitrogens with zero attached hydrogens (tertiary/aromatic N) is 3. The van der Waals surface area contributed by atoms with E-state index in [2.05, 4.69) is 25.8 Å². The summed E-state index contributed by atoms with van der Waals surface area (Å²) in [4.78, 5) is 20.7. The zero-order valence-electron chi connectivity index (χ0n) is 10.8. The SMILES string of the molecule is CN(C)CC1CCCN1C(=O)c1cccc(Br)n1. The highest BCUT2D eigenvalue weighted by molar-refractivity contribution is 9.10. The standard InChI is InChI=1S/C13H18BrN3O/c1-16(2)9-10-5-4-8-17(10)13(18)11-6-3-7-12(14)15-11/h3,6-7,10H,4-5,8-9H2,1-2H3. The van der Waals surface area contributed by atoms with Gasteiger partial charge < -0.3 is 9.80 Å². The lowest BCUT2D eigenvalue weighted by molar-refractivity contribution is 0.0710. The summed E-state index contributed by atoms with van der Waals surface area (Å²) in [6.45, 7) is 1.76. The second-order valence-corrected chi connectivity index (χ2v) is 5.71. The molecule has 1 unspecified atom stereocenters. The molecule has 0 N–H and O–H groups in total. The molecule has 0 radical (unpaired) electrons. The third-order valence-electron chi connectivity index (χ3n) is 3.15. The van der Waals surface area contributed by atoms with E-state index in [-0.39, 0.29) is 5.91 Å². The first-order valence-corrected chi connectivity index (χ1v) is 6.95. The summed E-state index contributed by atoms with van der Waals surface area (Å²) in [6.07, 6.45) is 2.16. The Morgan fingerprint density at radius 3 is 3.00 bits per heavy atom. The first kappa shape index (κ1) is 13.5. The molecule has 0 aliphatic carbocycles. The van der Waals surface area contributed by atoms with Crippen LogP contribution in [0.4, 0.5) is 0 Å². The molecular weight excluding hydrogens is 294 g/mol. The summed E-state index contributed by atoms with van der Waals surface area (Å²) in [5.74, 6) is 0.0423. The summed E-state index contributed by atoms with van der Waals surface area (Å²) in [7, 11) is 4.08. The van der Waals surface area contributed by atoms with Gasteiger partial charge in [-0.2, -0.15) is 0 Å². The molecule has 1 fully saturated rings. The molecule has 1 aliphatic heterocycles. The number of rotatable bonds is 3. The molecule has 2 heterocycles. The fourth-order valence-corrected chi connectivity index (χ4v) is 2.73. The molecule has 1 aliphatic rings. The minimum atomic E-state index is 0.0423. The van der Waals surface area contributed by atoms with Gasteiger partial charge in [0.1, 0.15) is 10.3 Å². The van der Waals surface area contributed by atoms with E-state index in [1.54, 1.807) is 6.07 Å². The second-order valence-electron chi connectivity index (χ2n) is 4.90. The van der Waals surface area contributed by atoms with Gasteiger partial charge in [-0.1, -0.05) is 6.07 Å². The molecule has 0 spiro atoms. The van der Waals surface area contributed by atoms with E-state index in [1.807, 2.05) is 31.1 Å². The molecule has 18 heavy (non-hydrogen) atoms. The monoisotopic (exact) mass is 311 g/mol. The van der Waals surface area contributed by atoms with Crippen molar-refractivity contribution < 1.29 is 4.79 Å². The molecule has 98 valence electrons. The molecular formula is C13H18BrN3O. The van der Waals surface area contributed by atoms with E-state index in [4.69, 9.17) is 0 Å². The fourth-order valence-electron chi connectivity index (χ4n) is 2.39. The summed E-state index contributed by atoms with van der Waals surface area (Å²) in [5.41, 5.74) is 0.523. The van der Waals surface area contributed by atoms with E-state index in [1.165, 1.54) is 0 Å². The minimum absolute atomic E-state index is 0.0423. The van der Waals surface area contributed by atoms with Gasteiger partial charge in [0.25, 0.3) is 5.91 Å². The fraction of sp³-hybridized carbons (Fsp3) is 0.538. The molecule has 1 saturated heterocycles. The zero-order valence-corrected chi connectivity index (χ0v) is 12.4. The van der Waals surface area contributed by atoms with E-state index in [0.717, 1.165) is 25.9 Å². The topological polar surface area (TPSA) is 36.4 Å². The number of likely N-dealkylation sites (N-methyl/N-ethyl adjacent to an activating group) is 1. The Morgan fingerprint density at radius 1 is 1.56 bits per heavy atom. The van der Waals surface area contributed by atoms with Gasteiger partial charge in [0, 0.05) is 19.1 Å². The summed E-state index contributed by atoms with van der Waals surface area (Å²) in [5, 5.41) is 0. The Kier molecular flexibility index (Phi) is 4.35. The van der Waals surface area contributed by atoms with Crippen LogP contribution in [-0.4, -0.2) is 53.9 Å². The van der Waals surface area contributed by atoms with Gasteiger partial charge in [-0.05, 0) is 55.0 Å². The number of hydrogen-bond donors (Lipinski definition) is 0. The largest absolute Gasteiger partial charge is 0.333 e. The van der Waals surface area contributed by atoms with Crippen LogP contribution in [0.5, 0.6) is 0 Å². The highest BCUT2D eigenvalue weighted by atomic mass is 79.9. The Bertz CT molecular complexity index is 436. The van der Waals surface area contributed by atoms with Gasteiger partial charge in [0.05, 0.1) is 0 Å². The van der Waals surface area contributed by atoms with Crippen molar-refractivity contribution in [3.8, 4) is 0 Å². The molecule has 1 amide bonds. The number of amides is 1. The van der Waals surface area contributed by atoms with Crippen LogP contribution in [0.25, 0.3) is 0 Å². The van der Waals surface area contributed by atoms with E-state index in [0.29, 0.717) is 16.3 Å². The van der Waals surface area contributed by atoms with Crippen molar-refractivity contribution >= 4 is 21.8 Å². The van der Waals surface area contributed by atoms with Crippen molar-refractivity contribution in [2.45, 2.75) is 18.9 Å². The summed E-state index contributed by atoms with van der Waals surface area (Å²) >= 11 is 3.30. The van der Waals surface area contributed by atoms with Crippen molar-refractivity contribution in [2.24, 2.45) is 0 Å². The molecule has 0 bridgehead atoms. The van der Waals surface area contributed by atoms with Gasteiger partial charge >= 0.3 is 0 Å². The van der Waals surface area contributed by atoms with Crippen LogP contribution in [-0.2, 0) is 0 Å². The van der Waals surface area contributed by atoms with E-state index < -0.39 is 0 Å². The van der Waals surface area contributed by atoms with Gasteiger partial charge in [0.2, 0.25) is 0 Å². The zero-order chi connectivity index (χ0) is 13.1. The maximum absolute atomic E-state index is 12.4. The van der Waals surface area contributed by atoms with Gasteiger partial charge in [0.15, 0.2) is 0 Å². The summed E-state index contributed by atoms with van der Waals surface area (Å²) < 4.78 is 0.705. The normalized spacial score (nSPS) is 19.6. The first-order valence-electron chi connectivity index (χ1n) is 6.16. The van der Waals surface area contributed by atoms with Crippen molar-refractivity contribution in [2.75, 3.05) is 27.2 Å².